The van der Waals surface area contributed by atoms with E-state index in [4.69, 9.17) is 4.74 Å². The summed E-state index contributed by atoms with van der Waals surface area (Å²) in [6.07, 6.45) is 3.13. The molecular weight excluding hydrogens is 391 g/mol. The zero-order valence-corrected chi connectivity index (χ0v) is 12.0. The topological polar surface area (TPSA) is 64.1 Å². The van der Waals surface area contributed by atoms with E-state index in [1.54, 1.807) is 6.20 Å². The van der Waals surface area contributed by atoms with E-state index in [0.717, 1.165) is 18.2 Å². The SMILES string of the molecule is O=c1[nH]c(=O)n([C@H]2CC[C@@H](CBr)O2)cc1I. The summed E-state index contributed by atoms with van der Waals surface area (Å²) in [7, 11) is 0. The van der Waals surface area contributed by atoms with Gasteiger partial charge in [-0.2, -0.15) is 0 Å². The molecule has 1 aliphatic heterocycles. The van der Waals surface area contributed by atoms with Crippen LogP contribution in [0.2, 0.25) is 0 Å². The maximum absolute atomic E-state index is 11.6. The molecule has 0 radical (unpaired) electrons. The molecule has 1 N–H and O–H groups in total. The van der Waals surface area contributed by atoms with Crippen molar-refractivity contribution in [1.29, 1.82) is 0 Å². The average molecular weight is 401 g/mol. The largest absolute Gasteiger partial charge is 0.354 e. The van der Waals surface area contributed by atoms with Crippen molar-refractivity contribution in [2.24, 2.45) is 0 Å². The van der Waals surface area contributed by atoms with E-state index in [1.807, 2.05) is 22.6 Å². The van der Waals surface area contributed by atoms with Gasteiger partial charge in [0.25, 0.3) is 5.56 Å². The van der Waals surface area contributed by atoms with Gasteiger partial charge < -0.3 is 4.74 Å². The van der Waals surface area contributed by atoms with Gasteiger partial charge in [0.15, 0.2) is 0 Å². The normalized spacial score (nSPS) is 24.9. The monoisotopic (exact) mass is 400 g/mol. The van der Waals surface area contributed by atoms with Gasteiger partial charge in [0.05, 0.1) is 9.67 Å². The molecule has 88 valence electrons. The van der Waals surface area contributed by atoms with E-state index in [9.17, 15) is 9.59 Å². The third-order valence-electron chi connectivity index (χ3n) is 2.49. The van der Waals surface area contributed by atoms with Gasteiger partial charge in [-0.1, -0.05) is 15.9 Å². The van der Waals surface area contributed by atoms with Crippen molar-refractivity contribution in [2.75, 3.05) is 5.33 Å². The number of aromatic nitrogens is 2. The van der Waals surface area contributed by atoms with E-state index < -0.39 is 5.69 Å². The lowest BCUT2D eigenvalue weighted by molar-refractivity contribution is 0.0104. The fourth-order valence-electron chi connectivity index (χ4n) is 1.68. The molecule has 1 aromatic heterocycles. The van der Waals surface area contributed by atoms with Crippen molar-refractivity contribution in [1.82, 2.24) is 9.55 Å². The van der Waals surface area contributed by atoms with Crippen LogP contribution in [0.15, 0.2) is 15.8 Å². The molecule has 1 aromatic rings. The minimum Gasteiger partial charge on any atom is -0.354 e. The van der Waals surface area contributed by atoms with Crippen molar-refractivity contribution in [2.45, 2.75) is 25.2 Å². The minimum absolute atomic E-state index is 0.140. The number of alkyl halides is 1. The Morgan fingerprint density at radius 2 is 2.31 bits per heavy atom. The molecular formula is C9H10BrIN2O3. The number of nitrogens with one attached hydrogen (secondary N) is 1. The van der Waals surface area contributed by atoms with E-state index in [2.05, 4.69) is 20.9 Å². The highest BCUT2D eigenvalue weighted by Crippen LogP contribution is 2.27. The third kappa shape index (κ3) is 2.40. The van der Waals surface area contributed by atoms with E-state index >= 15 is 0 Å². The first-order chi connectivity index (χ1) is 7.61. The summed E-state index contributed by atoms with van der Waals surface area (Å²) < 4.78 is 7.60. The lowest BCUT2D eigenvalue weighted by Crippen LogP contribution is -2.33. The molecule has 0 saturated carbocycles. The molecule has 2 heterocycles. The van der Waals surface area contributed by atoms with E-state index in [0.29, 0.717) is 3.57 Å². The van der Waals surface area contributed by atoms with Gasteiger partial charge in [0.2, 0.25) is 0 Å². The van der Waals surface area contributed by atoms with Crippen LogP contribution in [-0.4, -0.2) is 21.0 Å². The number of hydrogen-bond acceptors (Lipinski definition) is 3. The summed E-state index contributed by atoms with van der Waals surface area (Å²) >= 11 is 5.25. The van der Waals surface area contributed by atoms with Gasteiger partial charge >= 0.3 is 5.69 Å². The quantitative estimate of drug-likeness (QED) is 0.599. The first-order valence-corrected chi connectivity index (χ1v) is 7.04. The molecule has 1 fully saturated rings. The van der Waals surface area contributed by atoms with Gasteiger partial charge in [0, 0.05) is 11.5 Å². The van der Waals surface area contributed by atoms with Crippen LogP contribution < -0.4 is 11.2 Å². The third-order valence-corrected chi connectivity index (χ3v) is 3.98. The molecule has 0 aliphatic carbocycles. The second kappa shape index (κ2) is 5.01. The number of nitrogens with zero attached hydrogens (tertiary/aromatic N) is 1. The number of ether oxygens (including phenoxy) is 1. The van der Waals surface area contributed by atoms with Crippen LogP contribution >= 0.6 is 38.5 Å². The Kier molecular flexibility index (Phi) is 3.85. The summed E-state index contributed by atoms with van der Waals surface area (Å²) in [5, 5.41) is 0.763. The number of rotatable bonds is 2. The average Bonchev–Trinajstić information content (AvgIpc) is 2.71. The maximum atomic E-state index is 11.6. The number of H-pyrrole nitrogens is 1. The molecule has 0 amide bonds. The summed E-state index contributed by atoms with van der Waals surface area (Å²) in [6.45, 7) is 0. The summed E-state index contributed by atoms with van der Waals surface area (Å²) in [4.78, 5) is 25.1. The Morgan fingerprint density at radius 1 is 1.56 bits per heavy atom. The van der Waals surface area contributed by atoms with E-state index in [-0.39, 0.29) is 17.9 Å². The Balaban J connectivity index is 2.32. The highest BCUT2D eigenvalue weighted by atomic mass is 127. The Hall–Kier alpha value is -0.150. The molecule has 16 heavy (non-hydrogen) atoms. The Morgan fingerprint density at radius 3 is 2.94 bits per heavy atom. The van der Waals surface area contributed by atoms with Crippen LogP contribution in [0.4, 0.5) is 0 Å². The molecule has 2 atom stereocenters. The maximum Gasteiger partial charge on any atom is 0.330 e. The van der Waals surface area contributed by atoms with Gasteiger partial charge in [-0.15, -0.1) is 0 Å². The molecule has 0 bridgehead atoms. The standard InChI is InChI=1S/C9H10BrIN2O3/c10-3-5-1-2-7(16-5)13-4-6(11)8(14)12-9(13)15/h4-5,7H,1-3H2,(H,12,14,15)/t5-,7+/m0/s1. The predicted molar refractivity (Wildman–Crippen MR) is 71.0 cm³/mol. The van der Waals surface area contributed by atoms with Crippen LogP contribution in [0, 0.1) is 3.57 Å². The lowest BCUT2D eigenvalue weighted by Gasteiger charge is -2.14. The second-order valence-electron chi connectivity index (χ2n) is 3.59. The highest BCUT2D eigenvalue weighted by Gasteiger charge is 2.26. The Labute approximate surface area is 113 Å². The van der Waals surface area contributed by atoms with Crippen LogP contribution in [0.1, 0.15) is 19.1 Å². The van der Waals surface area contributed by atoms with Crippen LogP contribution in [0.25, 0.3) is 0 Å². The zero-order chi connectivity index (χ0) is 11.7. The van der Waals surface area contributed by atoms with Crippen LogP contribution in [0.3, 0.4) is 0 Å². The van der Waals surface area contributed by atoms with Gasteiger partial charge in [-0.25, -0.2) is 4.79 Å². The van der Waals surface area contributed by atoms with E-state index in [1.165, 1.54) is 4.57 Å². The van der Waals surface area contributed by atoms with Gasteiger partial charge in [0.1, 0.15) is 6.23 Å². The minimum atomic E-state index is -0.411. The first-order valence-electron chi connectivity index (χ1n) is 4.84. The summed E-state index contributed by atoms with van der Waals surface area (Å²) in [6, 6.07) is 0. The van der Waals surface area contributed by atoms with Crippen LogP contribution in [-0.2, 0) is 4.74 Å². The smallest absolute Gasteiger partial charge is 0.330 e. The second-order valence-corrected chi connectivity index (χ2v) is 5.40. The molecule has 0 aromatic carbocycles. The lowest BCUT2D eigenvalue weighted by atomic mass is 10.2. The zero-order valence-electron chi connectivity index (χ0n) is 8.28. The summed E-state index contributed by atoms with van der Waals surface area (Å²) in [5.41, 5.74) is -0.762. The van der Waals surface area contributed by atoms with Crippen molar-refractivity contribution < 1.29 is 4.74 Å². The molecule has 2 rings (SSSR count). The van der Waals surface area contributed by atoms with Gasteiger partial charge in [-0.3, -0.25) is 14.3 Å². The molecule has 1 saturated heterocycles. The number of hydrogen-bond donors (Lipinski definition) is 1. The Bertz CT molecular complexity index is 498. The molecule has 0 spiro atoms. The predicted octanol–water partition coefficient (Wildman–Crippen LogP) is 1.21. The molecule has 0 unspecified atom stereocenters. The van der Waals surface area contributed by atoms with Gasteiger partial charge in [-0.05, 0) is 35.4 Å². The number of halogens is 2. The van der Waals surface area contributed by atoms with Crippen molar-refractivity contribution in [3.63, 3.8) is 0 Å². The molecule has 7 heteroatoms. The number of aromatic amines is 1. The fraction of sp³-hybridized carbons (Fsp3) is 0.556. The summed E-state index contributed by atoms with van der Waals surface area (Å²) in [5.74, 6) is 0. The van der Waals surface area contributed by atoms with Crippen molar-refractivity contribution >= 4 is 38.5 Å². The van der Waals surface area contributed by atoms with Crippen molar-refractivity contribution in [3.8, 4) is 0 Å². The highest BCUT2D eigenvalue weighted by molar-refractivity contribution is 14.1. The van der Waals surface area contributed by atoms with Crippen LogP contribution in [0.5, 0.6) is 0 Å². The first kappa shape index (κ1) is 12.3. The van der Waals surface area contributed by atoms with Crippen molar-refractivity contribution in [3.05, 3.63) is 30.6 Å². The fourth-order valence-corrected chi connectivity index (χ4v) is 2.59. The molecule has 1 aliphatic rings. The molecule has 5 nitrogen and oxygen atoms in total.